The molecule has 32 heavy (non-hydrogen) atoms. The van der Waals surface area contributed by atoms with Gasteiger partial charge in [-0.05, 0) is 62.5 Å². The van der Waals surface area contributed by atoms with Crippen molar-refractivity contribution in [3.63, 3.8) is 0 Å². The second kappa shape index (κ2) is 9.68. The number of nitrogens with zero attached hydrogens (tertiary/aromatic N) is 2. The quantitative estimate of drug-likeness (QED) is 0.219. The lowest BCUT2D eigenvalue weighted by atomic mass is 10.2. The molecule has 4 aromatic rings. The molecule has 4 rings (SSSR count). The topological polar surface area (TPSA) is 89.0 Å². The molecule has 2 aromatic carbocycles. The average molecular weight is 485 g/mol. The van der Waals surface area contributed by atoms with Gasteiger partial charge in [-0.2, -0.15) is 0 Å². The molecule has 0 bridgehead atoms. The number of hydrogen-bond acceptors (Lipinski definition) is 7. The summed E-state index contributed by atoms with van der Waals surface area (Å²) in [6.07, 6.45) is 0. The van der Waals surface area contributed by atoms with E-state index in [0.29, 0.717) is 26.1 Å². The number of aromatic amines is 1. The van der Waals surface area contributed by atoms with E-state index in [2.05, 4.69) is 15.3 Å². The van der Waals surface area contributed by atoms with Crippen molar-refractivity contribution < 1.29 is 9.53 Å². The fraction of sp³-hybridized carbons (Fsp3) is 0.182. The molecule has 2 aromatic heterocycles. The summed E-state index contributed by atoms with van der Waals surface area (Å²) in [6.45, 7) is 4.49. The van der Waals surface area contributed by atoms with Gasteiger partial charge in [-0.15, -0.1) is 0 Å². The first-order chi connectivity index (χ1) is 15.4. The van der Waals surface area contributed by atoms with Crippen LogP contribution in [0.25, 0.3) is 16.0 Å². The van der Waals surface area contributed by atoms with Gasteiger partial charge in [0.25, 0.3) is 5.56 Å². The first kappa shape index (κ1) is 22.3. The van der Waals surface area contributed by atoms with Crippen LogP contribution in [0.5, 0.6) is 5.75 Å². The van der Waals surface area contributed by atoms with Crippen LogP contribution < -0.4 is 15.6 Å². The molecule has 0 unspecified atom stereocenters. The zero-order valence-electron chi connectivity index (χ0n) is 17.4. The van der Waals surface area contributed by atoms with Crippen LogP contribution in [0.4, 0.5) is 5.69 Å². The number of H-pyrrole nitrogens is 1. The highest BCUT2D eigenvalue weighted by Gasteiger charge is 2.15. The number of hydrogen-bond donors (Lipinski definition) is 2. The van der Waals surface area contributed by atoms with Gasteiger partial charge >= 0.3 is 0 Å². The summed E-state index contributed by atoms with van der Waals surface area (Å²) >= 11 is 7.86. The number of aromatic nitrogens is 3. The lowest BCUT2D eigenvalue weighted by Gasteiger charge is -2.08. The maximum Gasteiger partial charge on any atom is 0.271 e. The van der Waals surface area contributed by atoms with Crippen LogP contribution in [0.3, 0.4) is 0 Å². The highest BCUT2D eigenvalue weighted by atomic mass is 32.2. The molecule has 10 heteroatoms. The molecule has 2 N–H and O–H groups in total. The first-order valence-corrected chi connectivity index (χ1v) is 12.0. The van der Waals surface area contributed by atoms with E-state index >= 15 is 0 Å². The number of rotatable bonds is 7. The molecule has 0 saturated heterocycles. The van der Waals surface area contributed by atoms with Crippen molar-refractivity contribution >= 4 is 57.3 Å². The van der Waals surface area contributed by atoms with E-state index in [-0.39, 0.29) is 17.2 Å². The molecule has 164 valence electrons. The van der Waals surface area contributed by atoms with Gasteiger partial charge in [0.15, 0.2) is 14.8 Å². The number of amides is 1. The third-order valence-corrected chi connectivity index (χ3v) is 6.74. The molecule has 0 saturated carbocycles. The van der Waals surface area contributed by atoms with Crippen LogP contribution in [0.1, 0.15) is 12.5 Å². The smallest absolute Gasteiger partial charge is 0.271 e. The molecule has 0 atom stereocenters. The van der Waals surface area contributed by atoms with Gasteiger partial charge in [-0.25, -0.2) is 4.98 Å². The van der Waals surface area contributed by atoms with Gasteiger partial charge in [0, 0.05) is 11.4 Å². The van der Waals surface area contributed by atoms with Crippen LogP contribution in [0.2, 0.25) is 0 Å². The van der Waals surface area contributed by atoms with Crippen LogP contribution >= 0.6 is 35.3 Å². The van der Waals surface area contributed by atoms with Crippen molar-refractivity contribution in [2.24, 2.45) is 0 Å². The predicted octanol–water partition coefficient (Wildman–Crippen LogP) is 4.94. The molecule has 1 amide bonds. The van der Waals surface area contributed by atoms with E-state index in [4.69, 9.17) is 17.0 Å². The largest absolute Gasteiger partial charge is 0.494 e. The fourth-order valence-electron chi connectivity index (χ4n) is 3.02. The van der Waals surface area contributed by atoms with Crippen molar-refractivity contribution in [3.8, 4) is 11.4 Å². The number of thiazole rings is 1. The summed E-state index contributed by atoms with van der Waals surface area (Å²) in [5, 5.41) is 3.19. The lowest BCUT2D eigenvalue weighted by molar-refractivity contribution is -0.113. The number of thioether (sulfide) groups is 1. The van der Waals surface area contributed by atoms with Crippen molar-refractivity contribution in [2.75, 3.05) is 17.7 Å². The normalized spacial score (nSPS) is 10.9. The van der Waals surface area contributed by atoms with Crippen LogP contribution in [0, 0.1) is 10.9 Å². The molecule has 0 aliphatic rings. The van der Waals surface area contributed by atoms with Crippen molar-refractivity contribution in [1.29, 1.82) is 0 Å². The second-order valence-corrected chi connectivity index (χ2v) is 9.47. The van der Waals surface area contributed by atoms with Gasteiger partial charge in [0.1, 0.15) is 10.4 Å². The summed E-state index contributed by atoms with van der Waals surface area (Å²) in [7, 11) is 0. The van der Waals surface area contributed by atoms with Gasteiger partial charge in [-0.3, -0.25) is 14.2 Å². The highest BCUT2D eigenvalue weighted by Crippen LogP contribution is 2.26. The summed E-state index contributed by atoms with van der Waals surface area (Å²) in [6, 6.07) is 15.0. The molecular weight excluding hydrogens is 464 g/mol. The zero-order valence-corrected chi connectivity index (χ0v) is 19.8. The van der Waals surface area contributed by atoms with Gasteiger partial charge in [0.05, 0.1) is 12.4 Å². The van der Waals surface area contributed by atoms with E-state index < -0.39 is 0 Å². The Hall–Kier alpha value is -2.95. The fourth-order valence-corrected chi connectivity index (χ4v) is 4.94. The number of carbonyl (C=O) groups is 1. The Morgan fingerprint density at radius 1 is 1.22 bits per heavy atom. The molecule has 0 aliphatic carbocycles. The van der Waals surface area contributed by atoms with Gasteiger partial charge in [-0.1, -0.05) is 40.8 Å². The van der Waals surface area contributed by atoms with E-state index in [1.54, 1.807) is 4.57 Å². The Balaban J connectivity index is 1.57. The number of benzene rings is 2. The molecule has 0 spiro atoms. The third kappa shape index (κ3) is 4.93. The molecule has 0 radical (unpaired) electrons. The van der Waals surface area contributed by atoms with Crippen LogP contribution in [-0.2, 0) is 4.79 Å². The summed E-state index contributed by atoms with van der Waals surface area (Å²) in [4.78, 5) is 32.3. The first-order valence-electron chi connectivity index (χ1n) is 9.83. The van der Waals surface area contributed by atoms with Gasteiger partial charge in [0.2, 0.25) is 5.91 Å². The Morgan fingerprint density at radius 2 is 1.94 bits per heavy atom. The van der Waals surface area contributed by atoms with E-state index in [9.17, 15) is 9.59 Å². The Morgan fingerprint density at radius 3 is 2.62 bits per heavy atom. The standard InChI is InChI=1S/C22H20N4O3S3/c1-3-29-16-10-8-15(9-11-16)26-19-18(32-22(26)30)20(28)25-21(24-19)31-12-17(27)23-14-6-4-13(2)5-7-14/h4-11H,3,12H2,1-2H3,(H,23,27)(H,24,25,28). The maximum absolute atomic E-state index is 12.6. The highest BCUT2D eigenvalue weighted by molar-refractivity contribution is 7.99. The number of aryl methyl sites for hydroxylation is 1. The number of carbonyl (C=O) groups excluding carboxylic acids is 1. The Labute approximate surface area is 197 Å². The predicted molar refractivity (Wildman–Crippen MR) is 132 cm³/mol. The molecular formula is C22H20N4O3S3. The Kier molecular flexibility index (Phi) is 6.73. The SMILES string of the molecule is CCOc1ccc(-n2c(=S)sc3c(=O)[nH]c(SCC(=O)Nc4ccc(C)cc4)nc32)cc1. The van der Waals surface area contributed by atoms with E-state index in [1.165, 1.54) is 11.3 Å². The van der Waals surface area contributed by atoms with Crippen LogP contribution in [-0.4, -0.2) is 32.8 Å². The monoisotopic (exact) mass is 484 g/mol. The minimum Gasteiger partial charge on any atom is -0.494 e. The second-order valence-electron chi connectivity index (χ2n) is 6.86. The Bertz CT molecular complexity index is 1370. The number of ether oxygens (including phenoxy) is 1. The average Bonchev–Trinajstić information content (AvgIpc) is 3.11. The van der Waals surface area contributed by atoms with Crippen molar-refractivity contribution in [1.82, 2.24) is 14.5 Å². The zero-order chi connectivity index (χ0) is 22.7. The van der Waals surface area contributed by atoms with Crippen molar-refractivity contribution in [2.45, 2.75) is 19.0 Å². The summed E-state index contributed by atoms with van der Waals surface area (Å²) in [5.41, 5.74) is 2.81. The van der Waals surface area contributed by atoms with Crippen molar-refractivity contribution in [3.05, 3.63) is 68.4 Å². The number of fused-ring (bicyclic) bond motifs is 1. The molecule has 7 nitrogen and oxygen atoms in total. The molecule has 0 fully saturated rings. The van der Waals surface area contributed by atoms with Crippen LogP contribution in [0.15, 0.2) is 58.5 Å². The third-order valence-electron chi connectivity index (χ3n) is 4.50. The minimum absolute atomic E-state index is 0.107. The van der Waals surface area contributed by atoms with E-state index in [1.807, 2.05) is 62.4 Å². The minimum atomic E-state index is -0.280. The summed E-state index contributed by atoms with van der Waals surface area (Å²) in [5.74, 6) is 0.676. The molecule has 2 heterocycles. The number of nitrogens with one attached hydrogen (secondary N) is 2. The summed E-state index contributed by atoms with van der Waals surface area (Å²) < 4.78 is 8.21. The van der Waals surface area contributed by atoms with Gasteiger partial charge < -0.3 is 15.0 Å². The number of anilines is 1. The van der Waals surface area contributed by atoms with E-state index in [0.717, 1.165) is 34.4 Å². The maximum atomic E-state index is 12.6. The molecule has 0 aliphatic heterocycles. The lowest BCUT2D eigenvalue weighted by Crippen LogP contribution is -2.15.